The number of nitrogen functional groups attached to an aromatic ring is 1. The van der Waals surface area contributed by atoms with Crippen molar-refractivity contribution in [3.63, 3.8) is 0 Å². The van der Waals surface area contributed by atoms with Crippen molar-refractivity contribution in [2.45, 2.75) is 0 Å². The summed E-state index contributed by atoms with van der Waals surface area (Å²) in [5.74, 6) is 0.298. The molecular weight excluding hydrogens is 223 g/mol. The first-order valence-electron chi connectivity index (χ1n) is 4.92. The summed E-state index contributed by atoms with van der Waals surface area (Å²) in [6, 6.07) is 7.62. The fourth-order valence-electron chi connectivity index (χ4n) is 1.30. The van der Waals surface area contributed by atoms with Crippen molar-refractivity contribution in [3.8, 4) is 17.4 Å². The highest BCUT2D eigenvalue weighted by molar-refractivity contribution is 5.57. The van der Waals surface area contributed by atoms with E-state index in [9.17, 15) is 4.39 Å². The van der Waals surface area contributed by atoms with Crippen LogP contribution in [-0.2, 0) is 0 Å². The summed E-state index contributed by atoms with van der Waals surface area (Å²) in [5, 5.41) is 0. The number of methoxy groups -OCH3 is 1. The number of pyridine rings is 1. The highest BCUT2D eigenvalue weighted by Gasteiger charge is 2.08. The van der Waals surface area contributed by atoms with Crippen LogP contribution in [0, 0.1) is 5.82 Å². The number of hydrogen-bond donors (Lipinski definition) is 1. The third-order valence-electron chi connectivity index (χ3n) is 2.15. The Labute approximate surface area is 97.8 Å². The van der Waals surface area contributed by atoms with Crippen molar-refractivity contribution < 1.29 is 13.9 Å². The Kier molecular flexibility index (Phi) is 3.09. The van der Waals surface area contributed by atoms with Crippen LogP contribution in [0.15, 0.2) is 36.5 Å². The lowest BCUT2D eigenvalue weighted by molar-refractivity contribution is 0.409. The molecule has 5 heteroatoms. The van der Waals surface area contributed by atoms with Crippen molar-refractivity contribution in [1.29, 1.82) is 0 Å². The van der Waals surface area contributed by atoms with Crippen LogP contribution >= 0.6 is 0 Å². The van der Waals surface area contributed by atoms with Crippen LogP contribution in [0.2, 0.25) is 0 Å². The Bertz CT molecular complexity index is 532. The first-order chi connectivity index (χ1) is 8.20. The Morgan fingerprint density at radius 3 is 2.76 bits per heavy atom. The minimum Gasteiger partial charge on any atom is -0.497 e. The molecular formula is C12H11FN2O2. The van der Waals surface area contributed by atoms with Gasteiger partial charge in [0, 0.05) is 12.3 Å². The van der Waals surface area contributed by atoms with Crippen LogP contribution in [0.3, 0.4) is 0 Å². The number of nitrogens with zero attached hydrogens (tertiary/aromatic N) is 1. The molecule has 0 aliphatic rings. The number of nitrogens with two attached hydrogens (primary N) is 1. The van der Waals surface area contributed by atoms with Gasteiger partial charge >= 0.3 is 0 Å². The van der Waals surface area contributed by atoms with Crippen LogP contribution in [0.1, 0.15) is 0 Å². The Morgan fingerprint density at radius 1 is 1.29 bits per heavy atom. The van der Waals surface area contributed by atoms with Crippen LogP contribution in [0.4, 0.5) is 10.1 Å². The van der Waals surface area contributed by atoms with Gasteiger partial charge in [0.25, 0.3) is 5.88 Å². The van der Waals surface area contributed by atoms with Gasteiger partial charge in [-0.05, 0) is 24.3 Å². The SMILES string of the molecule is COc1ccc(Oc2ncccc2F)c(N)c1. The summed E-state index contributed by atoms with van der Waals surface area (Å²) in [6.45, 7) is 0. The summed E-state index contributed by atoms with van der Waals surface area (Å²) in [6.07, 6.45) is 1.44. The third-order valence-corrected chi connectivity index (χ3v) is 2.15. The molecule has 1 heterocycles. The highest BCUT2D eigenvalue weighted by atomic mass is 19.1. The van der Waals surface area contributed by atoms with Gasteiger partial charge in [-0.2, -0.15) is 0 Å². The quantitative estimate of drug-likeness (QED) is 0.829. The van der Waals surface area contributed by atoms with Gasteiger partial charge in [-0.15, -0.1) is 0 Å². The molecule has 1 aromatic heterocycles. The van der Waals surface area contributed by atoms with Crippen LogP contribution in [-0.4, -0.2) is 12.1 Å². The molecule has 0 amide bonds. The number of hydrogen-bond acceptors (Lipinski definition) is 4. The van der Waals surface area contributed by atoms with Crippen molar-refractivity contribution in [3.05, 3.63) is 42.3 Å². The molecule has 0 unspecified atom stereocenters. The number of aromatic nitrogens is 1. The van der Waals surface area contributed by atoms with E-state index in [1.807, 2.05) is 0 Å². The smallest absolute Gasteiger partial charge is 0.255 e. The molecule has 2 rings (SSSR count). The van der Waals surface area contributed by atoms with Gasteiger partial charge in [-0.1, -0.05) is 0 Å². The van der Waals surface area contributed by atoms with Gasteiger partial charge in [0.2, 0.25) is 0 Å². The van der Waals surface area contributed by atoms with E-state index in [-0.39, 0.29) is 5.88 Å². The maximum absolute atomic E-state index is 13.3. The first kappa shape index (κ1) is 11.2. The maximum Gasteiger partial charge on any atom is 0.255 e. The molecule has 2 N–H and O–H groups in total. The van der Waals surface area contributed by atoms with E-state index in [0.717, 1.165) is 0 Å². The predicted molar refractivity (Wildman–Crippen MR) is 61.7 cm³/mol. The lowest BCUT2D eigenvalue weighted by atomic mass is 10.3. The standard InChI is InChI=1S/C12H11FN2O2/c1-16-8-4-5-11(10(14)7-8)17-12-9(13)3-2-6-15-12/h2-7H,14H2,1H3. The molecule has 4 nitrogen and oxygen atoms in total. The molecule has 0 atom stereocenters. The largest absolute Gasteiger partial charge is 0.497 e. The van der Waals surface area contributed by atoms with Crippen molar-refractivity contribution in [2.75, 3.05) is 12.8 Å². The summed E-state index contributed by atoms with van der Waals surface area (Å²) >= 11 is 0. The molecule has 17 heavy (non-hydrogen) atoms. The Balaban J connectivity index is 2.28. The average molecular weight is 234 g/mol. The molecule has 0 bridgehead atoms. The van der Waals surface area contributed by atoms with E-state index in [2.05, 4.69) is 4.98 Å². The minimum atomic E-state index is -0.539. The molecule has 88 valence electrons. The number of rotatable bonds is 3. The van der Waals surface area contributed by atoms with Crippen molar-refractivity contribution >= 4 is 5.69 Å². The van der Waals surface area contributed by atoms with Crippen molar-refractivity contribution in [1.82, 2.24) is 4.98 Å². The van der Waals surface area contributed by atoms with Crippen LogP contribution < -0.4 is 15.2 Å². The average Bonchev–Trinajstić information content (AvgIpc) is 2.34. The summed E-state index contributed by atoms with van der Waals surface area (Å²) in [5.41, 5.74) is 6.10. The first-order valence-corrected chi connectivity index (χ1v) is 4.92. The molecule has 0 spiro atoms. The van der Waals surface area contributed by atoms with Crippen LogP contribution in [0.5, 0.6) is 17.4 Å². The Hall–Kier alpha value is -2.30. The molecule has 0 saturated heterocycles. The second kappa shape index (κ2) is 4.69. The van der Waals surface area contributed by atoms with Gasteiger partial charge in [0.05, 0.1) is 12.8 Å². The van der Waals surface area contributed by atoms with Crippen LogP contribution in [0.25, 0.3) is 0 Å². The normalized spacial score (nSPS) is 10.0. The van der Waals surface area contributed by atoms with E-state index >= 15 is 0 Å². The van der Waals surface area contributed by atoms with E-state index in [0.29, 0.717) is 17.2 Å². The topological polar surface area (TPSA) is 57.4 Å². The number of ether oxygens (including phenoxy) is 2. The van der Waals surface area contributed by atoms with Gasteiger partial charge in [-0.3, -0.25) is 0 Å². The van der Waals surface area contributed by atoms with Gasteiger partial charge in [-0.25, -0.2) is 9.37 Å². The number of halogens is 1. The monoisotopic (exact) mass is 234 g/mol. The minimum absolute atomic E-state index is 0.107. The summed E-state index contributed by atoms with van der Waals surface area (Å²) in [4.78, 5) is 3.77. The fraction of sp³-hybridized carbons (Fsp3) is 0.0833. The zero-order valence-corrected chi connectivity index (χ0v) is 9.18. The van der Waals surface area contributed by atoms with E-state index in [1.165, 1.54) is 25.4 Å². The van der Waals surface area contributed by atoms with Crippen molar-refractivity contribution in [2.24, 2.45) is 0 Å². The lowest BCUT2D eigenvalue weighted by Gasteiger charge is -2.09. The number of anilines is 1. The zero-order valence-electron chi connectivity index (χ0n) is 9.18. The molecule has 2 aromatic rings. The summed E-state index contributed by atoms with van der Waals surface area (Å²) < 4.78 is 23.6. The lowest BCUT2D eigenvalue weighted by Crippen LogP contribution is -1.96. The molecule has 0 aliphatic carbocycles. The second-order valence-corrected chi connectivity index (χ2v) is 3.30. The maximum atomic E-state index is 13.3. The highest BCUT2D eigenvalue weighted by Crippen LogP contribution is 2.30. The predicted octanol–water partition coefficient (Wildman–Crippen LogP) is 2.60. The second-order valence-electron chi connectivity index (χ2n) is 3.30. The zero-order chi connectivity index (χ0) is 12.3. The van der Waals surface area contributed by atoms with E-state index < -0.39 is 5.82 Å². The molecule has 0 saturated carbocycles. The number of benzene rings is 1. The molecule has 1 aromatic carbocycles. The molecule has 0 aliphatic heterocycles. The van der Waals surface area contributed by atoms with Gasteiger partial charge in [0.15, 0.2) is 11.6 Å². The molecule has 0 fully saturated rings. The Morgan fingerprint density at radius 2 is 2.12 bits per heavy atom. The van der Waals surface area contributed by atoms with E-state index in [4.69, 9.17) is 15.2 Å². The van der Waals surface area contributed by atoms with E-state index in [1.54, 1.807) is 18.2 Å². The summed E-state index contributed by atoms with van der Waals surface area (Å²) in [7, 11) is 1.54. The van der Waals surface area contributed by atoms with Gasteiger partial charge in [0.1, 0.15) is 5.75 Å². The molecule has 0 radical (unpaired) electrons. The van der Waals surface area contributed by atoms with Gasteiger partial charge < -0.3 is 15.2 Å². The third kappa shape index (κ3) is 2.44. The fourth-order valence-corrected chi connectivity index (χ4v) is 1.30.